The minimum Gasteiger partial charge on any atom is -0.310 e. The van der Waals surface area contributed by atoms with Crippen molar-refractivity contribution in [3.8, 4) is 44.5 Å². The molecular formula is C61H45N. The first-order chi connectivity index (χ1) is 30.4. The zero-order valence-corrected chi connectivity index (χ0v) is 35.2. The smallest absolute Gasteiger partial charge is 0.0468 e. The maximum atomic E-state index is 2.43. The zero-order valence-electron chi connectivity index (χ0n) is 35.2. The molecule has 10 aromatic carbocycles. The van der Waals surface area contributed by atoms with Gasteiger partial charge in [0.15, 0.2) is 0 Å². The Labute approximate surface area is 364 Å². The molecule has 2 aliphatic carbocycles. The SMILES string of the molecule is CC1(C)c2ccccc2-c2cccc(-c3cccc(N(c4ccc(-c5ccc6c(c5)C(C)(c5ccccc5)c5ccccc5-6)cc4)c4ccc5c(ccc6ccccc65)c4)c3)c21. The molecular weight excluding hydrogens is 747 g/mol. The Kier molecular flexibility index (Phi) is 8.08. The third-order valence-electron chi connectivity index (χ3n) is 14.1. The highest BCUT2D eigenvalue weighted by Crippen LogP contribution is 2.54. The Balaban J connectivity index is 0.984. The highest BCUT2D eigenvalue weighted by molar-refractivity contribution is 6.08. The van der Waals surface area contributed by atoms with Gasteiger partial charge in [0.25, 0.3) is 0 Å². The van der Waals surface area contributed by atoms with Gasteiger partial charge in [0.1, 0.15) is 0 Å². The molecule has 0 bridgehead atoms. The molecule has 0 amide bonds. The van der Waals surface area contributed by atoms with Crippen molar-refractivity contribution >= 4 is 38.6 Å². The van der Waals surface area contributed by atoms with Gasteiger partial charge < -0.3 is 4.90 Å². The maximum absolute atomic E-state index is 2.43. The van der Waals surface area contributed by atoms with Crippen LogP contribution in [0.1, 0.15) is 48.6 Å². The highest BCUT2D eigenvalue weighted by atomic mass is 15.1. The third kappa shape index (κ3) is 5.41. The second-order valence-electron chi connectivity index (χ2n) is 17.8. The number of rotatable bonds is 6. The van der Waals surface area contributed by atoms with Crippen molar-refractivity contribution in [3.05, 3.63) is 246 Å². The molecule has 1 nitrogen and oxygen atoms in total. The van der Waals surface area contributed by atoms with Gasteiger partial charge >= 0.3 is 0 Å². The van der Waals surface area contributed by atoms with Gasteiger partial charge in [-0.1, -0.05) is 190 Å². The average Bonchev–Trinajstić information content (AvgIpc) is 3.73. The van der Waals surface area contributed by atoms with Crippen molar-refractivity contribution in [2.24, 2.45) is 0 Å². The fourth-order valence-corrected chi connectivity index (χ4v) is 11.0. The van der Waals surface area contributed by atoms with E-state index in [4.69, 9.17) is 0 Å². The lowest BCUT2D eigenvalue weighted by Gasteiger charge is -2.29. The van der Waals surface area contributed by atoms with Crippen LogP contribution in [0, 0.1) is 0 Å². The van der Waals surface area contributed by atoms with E-state index in [1.54, 1.807) is 0 Å². The molecule has 2 aliphatic rings. The summed E-state index contributed by atoms with van der Waals surface area (Å²) in [4.78, 5) is 2.43. The largest absolute Gasteiger partial charge is 0.310 e. The quantitative estimate of drug-likeness (QED) is 0.152. The summed E-state index contributed by atoms with van der Waals surface area (Å²) in [6.07, 6.45) is 0. The third-order valence-corrected chi connectivity index (χ3v) is 14.1. The molecule has 0 spiro atoms. The van der Waals surface area contributed by atoms with Gasteiger partial charge in [-0.15, -0.1) is 0 Å². The van der Waals surface area contributed by atoms with E-state index >= 15 is 0 Å². The normalized spacial score (nSPS) is 15.5. The van der Waals surface area contributed by atoms with Crippen LogP contribution in [0.15, 0.2) is 218 Å². The number of nitrogens with zero attached hydrogens (tertiary/aromatic N) is 1. The first-order valence-corrected chi connectivity index (χ1v) is 21.8. The van der Waals surface area contributed by atoms with Crippen LogP contribution in [0.5, 0.6) is 0 Å². The van der Waals surface area contributed by atoms with Crippen LogP contribution >= 0.6 is 0 Å². The molecule has 0 fully saturated rings. The second kappa shape index (κ2) is 13.8. The lowest BCUT2D eigenvalue weighted by Crippen LogP contribution is -2.22. The molecule has 62 heavy (non-hydrogen) atoms. The predicted molar refractivity (Wildman–Crippen MR) is 262 cm³/mol. The first kappa shape index (κ1) is 36.4. The summed E-state index contributed by atoms with van der Waals surface area (Å²) in [5.74, 6) is 0. The van der Waals surface area contributed by atoms with Gasteiger partial charge in [-0.25, -0.2) is 0 Å². The molecule has 1 heteroatoms. The summed E-state index contributed by atoms with van der Waals surface area (Å²) in [5, 5.41) is 5.02. The van der Waals surface area contributed by atoms with Gasteiger partial charge in [-0.3, -0.25) is 0 Å². The lowest BCUT2D eigenvalue weighted by atomic mass is 9.74. The van der Waals surface area contributed by atoms with E-state index in [2.05, 4.69) is 244 Å². The molecule has 1 atom stereocenters. The van der Waals surface area contributed by atoms with E-state index in [1.165, 1.54) is 93.9 Å². The van der Waals surface area contributed by atoms with E-state index in [-0.39, 0.29) is 10.8 Å². The molecule has 0 radical (unpaired) electrons. The molecule has 0 aliphatic heterocycles. The molecule has 1 unspecified atom stereocenters. The Morgan fingerprint density at radius 1 is 0.323 bits per heavy atom. The number of hydrogen-bond donors (Lipinski definition) is 0. The molecule has 10 aromatic rings. The molecule has 0 saturated heterocycles. The minimum atomic E-state index is -0.247. The molecule has 0 N–H and O–H groups in total. The van der Waals surface area contributed by atoms with Crippen molar-refractivity contribution in [1.82, 2.24) is 0 Å². The van der Waals surface area contributed by atoms with E-state index < -0.39 is 0 Å². The van der Waals surface area contributed by atoms with Gasteiger partial charge in [0, 0.05) is 27.9 Å². The van der Waals surface area contributed by atoms with E-state index in [1.807, 2.05) is 0 Å². The van der Waals surface area contributed by atoms with Crippen LogP contribution in [0.3, 0.4) is 0 Å². The Hall–Kier alpha value is -7.48. The number of hydrogen-bond acceptors (Lipinski definition) is 1. The summed E-state index contributed by atoms with van der Waals surface area (Å²) in [6, 6.07) is 81.2. The van der Waals surface area contributed by atoms with Crippen molar-refractivity contribution < 1.29 is 0 Å². The monoisotopic (exact) mass is 791 g/mol. The highest BCUT2D eigenvalue weighted by Gasteiger charge is 2.41. The standard InChI is InChI=1S/C61H45N/c1-60(2)56-25-11-9-22-53(56)55-24-14-23-51(59(55)60)43-16-13-19-47(37-43)62(48-34-36-50-44(38-48)28-27-41-15-7-8-20-49(41)50)46-32-29-40(30-33-46)42-31-35-54-52-21-10-12-26-57(52)61(3,58(54)39-42)45-17-5-4-6-18-45/h4-39H,1-3H3. The number of benzene rings is 10. The molecule has 12 rings (SSSR count). The van der Waals surface area contributed by atoms with Gasteiger partial charge in [-0.2, -0.15) is 0 Å². The molecule has 0 heterocycles. The van der Waals surface area contributed by atoms with E-state index in [0.717, 1.165) is 17.1 Å². The van der Waals surface area contributed by atoms with Crippen molar-refractivity contribution in [2.45, 2.75) is 31.6 Å². The van der Waals surface area contributed by atoms with Crippen LogP contribution in [0.25, 0.3) is 66.1 Å². The Morgan fingerprint density at radius 2 is 0.919 bits per heavy atom. The maximum Gasteiger partial charge on any atom is 0.0468 e. The summed E-state index contributed by atoms with van der Waals surface area (Å²) in [6.45, 7) is 7.14. The first-order valence-electron chi connectivity index (χ1n) is 21.8. The predicted octanol–water partition coefficient (Wildman–Crippen LogP) is 16.4. The van der Waals surface area contributed by atoms with Crippen molar-refractivity contribution in [3.63, 3.8) is 0 Å². The Morgan fingerprint density at radius 3 is 1.76 bits per heavy atom. The van der Waals surface area contributed by atoms with Gasteiger partial charge in [0.2, 0.25) is 0 Å². The fourth-order valence-electron chi connectivity index (χ4n) is 11.0. The minimum absolute atomic E-state index is 0.117. The van der Waals surface area contributed by atoms with Crippen LogP contribution in [0.4, 0.5) is 17.1 Å². The molecule has 294 valence electrons. The van der Waals surface area contributed by atoms with Crippen LogP contribution < -0.4 is 4.90 Å². The number of anilines is 3. The molecule has 0 aromatic heterocycles. The average molecular weight is 792 g/mol. The van der Waals surface area contributed by atoms with Crippen LogP contribution in [-0.2, 0) is 10.8 Å². The van der Waals surface area contributed by atoms with Gasteiger partial charge in [-0.05, 0) is 143 Å². The fraction of sp³-hybridized carbons (Fsp3) is 0.0820. The van der Waals surface area contributed by atoms with Crippen molar-refractivity contribution in [2.75, 3.05) is 4.90 Å². The van der Waals surface area contributed by atoms with E-state index in [0.29, 0.717) is 0 Å². The van der Waals surface area contributed by atoms with Crippen LogP contribution in [-0.4, -0.2) is 0 Å². The lowest BCUT2D eigenvalue weighted by molar-refractivity contribution is 0.662. The Bertz CT molecular complexity index is 3390. The van der Waals surface area contributed by atoms with Crippen molar-refractivity contribution in [1.29, 1.82) is 0 Å². The second-order valence-corrected chi connectivity index (χ2v) is 17.8. The summed E-state index contributed by atoms with van der Waals surface area (Å²) in [7, 11) is 0. The van der Waals surface area contributed by atoms with Gasteiger partial charge in [0.05, 0.1) is 0 Å². The summed E-state index contributed by atoms with van der Waals surface area (Å²) >= 11 is 0. The summed E-state index contributed by atoms with van der Waals surface area (Å²) < 4.78 is 0. The van der Waals surface area contributed by atoms with E-state index in [9.17, 15) is 0 Å². The number of fused-ring (bicyclic) bond motifs is 9. The van der Waals surface area contributed by atoms with Crippen LogP contribution in [0.2, 0.25) is 0 Å². The zero-order chi connectivity index (χ0) is 41.6. The topological polar surface area (TPSA) is 3.24 Å². The summed E-state index contributed by atoms with van der Waals surface area (Å²) in [5.41, 5.74) is 20.0. The molecule has 0 saturated carbocycles.